The summed E-state index contributed by atoms with van der Waals surface area (Å²) in [7, 11) is 6.22. The van der Waals surface area contributed by atoms with Gasteiger partial charge in [0.1, 0.15) is 10.8 Å². The number of carbonyl (C=O) groups excluding carboxylic acids is 2. The van der Waals surface area contributed by atoms with Crippen LogP contribution in [0.2, 0.25) is 0 Å². The maximum atomic E-state index is 12.6. The summed E-state index contributed by atoms with van der Waals surface area (Å²) in [4.78, 5) is 28.5. The Kier molecular flexibility index (Phi) is 7.00. The highest BCUT2D eigenvalue weighted by atomic mass is 35.5. The van der Waals surface area contributed by atoms with Crippen LogP contribution in [0.3, 0.4) is 0 Å². The van der Waals surface area contributed by atoms with Gasteiger partial charge in [0, 0.05) is 13.1 Å². The lowest BCUT2D eigenvalue weighted by atomic mass is 9.91. The molecule has 182 valence electrons. The first-order valence-corrected chi connectivity index (χ1v) is 11.6. The van der Waals surface area contributed by atoms with Gasteiger partial charge in [-0.25, -0.2) is 0 Å². The van der Waals surface area contributed by atoms with Crippen molar-refractivity contribution < 1.29 is 28.5 Å². The molecule has 0 spiro atoms. The molecule has 4 atom stereocenters. The molecule has 2 heterocycles. The van der Waals surface area contributed by atoms with Crippen molar-refractivity contribution in [3.63, 3.8) is 0 Å². The molecule has 2 aliphatic heterocycles. The Morgan fingerprint density at radius 1 is 0.647 bits per heavy atom. The lowest BCUT2D eigenvalue weighted by Crippen LogP contribution is -2.61. The highest BCUT2D eigenvalue weighted by Crippen LogP contribution is 2.44. The summed E-state index contributed by atoms with van der Waals surface area (Å²) in [5.74, 6) is 1.93. The molecule has 2 amide bonds. The number of halogens is 2. The highest BCUT2D eigenvalue weighted by Gasteiger charge is 2.50. The number of benzene rings is 2. The number of ether oxygens (including phenoxy) is 4. The average molecular weight is 509 g/mol. The molecule has 2 saturated heterocycles. The smallest absolute Gasteiger partial charge is 0.243 e. The molecule has 4 unspecified atom stereocenters. The number of β-lactam (4-membered cyclic amide) rings is 2. The zero-order valence-corrected chi connectivity index (χ0v) is 20.8. The van der Waals surface area contributed by atoms with Crippen molar-refractivity contribution in [2.24, 2.45) is 0 Å². The van der Waals surface area contributed by atoms with Gasteiger partial charge in [0.05, 0.1) is 40.5 Å². The van der Waals surface area contributed by atoms with E-state index < -0.39 is 10.8 Å². The van der Waals surface area contributed by atoms with Gasteiger partial charge >= 0.3 is 0 Å². The molecular weight excluding hydrogens is 483 g/mol. The van der Waals surface area contributed by atoms with Gasteiger partial charge < -0.3 is 28.7 Å². The van der Waals surface area contributed by atoms with Crippen LogP contribution in [0.25, 0.3) is 0 Å². The van der Waals surface area contributed by atoms with Crippen LogP contribution in [0.5, 0.6) is 23.0 Å². The van der Waals surface area contributed by atoms with Gasteiger partial charge in [-0.05, 0) is 35.4 Å². The highest BCUT2D eigenvalue weighted by molar-refractivity contribution is 6.34. The minimum Gasteiger partial charge on any atom is -0.493 e. The molecule has 0 bridgehead atoms. The second-order valence-corrected chi connectivity index (χ2v) is 8.93. The fourth-order valence-electron chi connectivity index (χ4n) is 4.50. The van der Waals surface area contributed by atoms with E-state index in [1.54, 1.807) is 50.4 Å². The average Bonchev–Trinajstić information content (AvgIpc) is 2.88. The van der Waals surface area contributed by atoms with Crippen LogP contribution in [-0.2, 0) is 9.59 Å². The fraction of sp³-hybridized carbons (Fsp3) is 0.417. The Morgan fingerprint density at radius 2 is 1.00 bits per heavy atom. The molecule has 34 heavy (non-hydrogen) atoms. The Balaban J connectivity index is 1.50. The molecule has 2 aromatic carbocycles. The zero-order valence-electron chi connectivity index (χ0n) is 19.3. The zero-order chi connectivity index (χ0) is 24.6. The molecule has 0 aliphatic carbocycles. The third kappa shape index (κ3) is 3.99. The number of rotatable bonds is 9. The number of carbonyl (C=O) groups is 2. The quantitative estimate of drug-likeness (QED) is 0.381. The van der Waals surface area contributed by atoms with E-state index in [0.29, 0.717) is 36.1 Å². The van der Waals surface area contributed by atoms with Crippen molar-refractivity contribution in [1.29, 1.82) is 0 Å². The second kappa shape index (κ2) is 9.80. The Labute approximate surface area is 208 Å². The molecule has 0 radical (unpaired) electrons. The van der Waals surface area contributed by atoms with E-state index in [9.17, 15) is 9.59 Å². The first-order chi connectivity index (χ1) is 16.4. The standard InChI is InChI=1S/C24H26Cl2N2O6/c1-31-15-7-5-13(11-17(15)33-3)21-19(25)23(29)27(21)9-10-28-22(20(26)24(28)30)14-6-8-16(32-2)18(12-14)34-4/h5-8,11-12,19-22H,9-10H2,1-4H3. The van der Waals surface area contributed by atoms with Crippen LogP contribution < -0.4 is 18.9 Å². The summed E-state index contributed by atoms with van der Waals surface area (Å²) in [6.07, 6.45) is 0. The van der Waals surface area contributed by atoms with Crippen molar-refractivity contribution in [2.75, 3.05) is 41.5 Å². The van der Waals surface area contributed by atoms with Gasteiger partial charge in [0.25, 0.3) is 0 Å². The number of likely N-dealkylation sites (tertiary alicyclic amines) is 2. The van der Waals surface area contributed by atoms with E-state index in [1.807, 2.05) is 24.3 Å². The van der Waals surface area contributed by atoms with E-state index in [0.717, 1.165) is 11.1 Å². The van der Waals surface area contributed by atoms with Crippen LogP contribution in [-0.4, -0.2) is 73.9 Å². The first kappa shape index (κ1) is 24.3. The molecule has 8 nitrogen and oxygen atoms in total. The normalized spacial score (nSPS) is 23.8. The third-order valence-corrected chi connectivity index (χ3v) is 7.19. The number of hydrogen-bond acceptors (Lipinski definition) is 6. The monoisotopic (exact) mass is 508 g/mol. The van der Waals surface area contributed by atoms with Crippen LogP contribution in [0.4, 0.5) is 0 Å². The third-order valence-electron chi connectivity index (χ3n) is 6.34. The van der Waals surface area contributed by atoms with Crippen LogP contribution in [0.1, 0.15) is 23.2 Å². The van der Waals surface area contributed by atoms with E-state index in [-0.39, 0.29) is 23.9 Å². The summed E-state index contributed by atoms with van der Waals surface area (Å²) >= 11 is 12.7. The molecule has 2 aromatic rings. The topological polar surface area (TPSA) is 77.5 Å². The number of amides is 2. The van der Waals surface area contributed by atoms with E-state index >= 15 is 0 Å². The number of alkyl halides is 2. The summed E-state index contributed by atoms with van der Waals surface area (Å²) in [6, 6.07) is 10.2. The van der Waals surface area contributed by atoms with Gasteiger partial charge in [-0.2, -0.15) is 0 Å². The Bertz CT molecular complexity index is 1010. The van der Waals surface area contributed by atoms with Crippen molar-refractivity contribution in [2.45, 2.75) is 22.8 Å². The van der Waals surface area contributed by atoms with E-state index in [2.05, 4.69) is 0 Å². The maximum absolute atomic E-state index is 12.6. The van der Waals surface area contributed by atoms with Crippen molar-refractivity contribution >= 4 is 35.0 Å². The van der Waals surface area contributed by atoms with Crippen LogP contribution in [0.15, 0.2) is 36.4 Å². The number of methoxy groups -OCH3 is 4. The fourth-order valence-corrected chi connectivity index (χ4v) is 5.31. The summed E-state index contributed by atoms with van der Waals surface area (Å²) in [6.45, 7) is 0.639. The van der Waals surface area contributed by atoms with Crippen LogP contribution >= 0.6 is 23.2 Å². The summed E-state index contributed by atoms with van der Waals surface area (Å²) in [5, 5.41) is -1.37. The molecule has 10 heteroatoms. The summed E-state index contributed by atoms with van der Waals surface area (Å²) < 4.78 is 21.4. The minimum atomic E-state index is -0.687. The lowest BCUT2D eigenvalue weighted by Gasteiger charge is -2.49. The molecule has 0 saturated carbocycles. The largest absolute Gasteiger partial charge is 0.493 e. The Morgan fingerprint density at radius 3 is 1.32 bits per heavy atom. The van der Waals surface area contributed by atoms with Gasteiger partial charge in [-0.1, -0.05) is 12.1 Å². The molecule has 0 N–H and O–H groups in total. The van der Waals surface area contributed by atoms with E-state index in [4.69, 9.17) is 42.1 Å². The second-order valence-electron chi connectivity index (χ2n) is 7.99. The predicted octanol–water partition coefficient (Wildman–Crippen LogP) is 3.40. The van der Waals surface area contributed by atoms with Crippen molar-refractivity contribution in [3.8, 4) is 23.0 Å². The number of hydrogen-bond donors (Lipinski definition) is 0. The molecule has 0 aromatic heterocycles. The predicted molar refractivity (Wildman–Crippen MR) is 127 cm³/mol. The van der Waals surface area contributed by atoms with Gasteiger partial charge in [0.2, 0.25) is 11.8 Å². The van der Waals surface area contributed by atoms with Crippen LogP contribution in [0, 0.1) is 0 Å². The van der Waals surface area contributed by atoms with Gasteiger partial charge in [0.15, 0.2) is 23.0 Å². The first-order valence-electron chi connectivity index (χ1n) is 10.7. The van der Waals surface area contributed by atoms with Gasteiger partial charge in [-0.3, -0.25) is 9.59 Å². The maximum Gasteiger partial charge on any atom is 0.243 e. The lowest BCUT2D eigenvalue weighted by molar-refractivity contribution is -0.152. The molecule has 2 aliphatic rings. The number of nitrogens with zero attached hydrogens (tertiary/aromatic N) is 2. The molecular formula is C24H26Cl2N2O6. The SMILES string of the molecule is COc1ccc(C2C(Cl)C(=O)N2CCN2C(=O)C(Cl)C2c2ccc(OC)c(OC)c2)cc1OC. The Hall–Kier alpha value is -2.84. The van der Waals surface area contributed by atoms with Crippen molar-refractivity contribution in [1.82, 2.24) is 9.80 Å². The molecule has 2 fully saturated rings. The minimum absolute atomic E-state index is 0.181. The van der Waals surface area contributed by atoms with Crippen molar-refractivity contribution in [3.05, 3.63) is 47.5 Å². The molecule has 4 rings (SSSR count). The van der Waals surface area contributed by atoms with E-state index in [1.165, 1.54) is 0 Å². The summed E-state index contributed by atoms with van der Waals surface area (Å²) in [5.41, 5.74) is 1.66. The van der Waals surface area contributed by atoms with Gasteiger partial charge in [-0.15, -0.1) is 23.2 Å².